The number of hydrogen-bond acceptors (Lipinski definition) is 5. The molecule has 0 unspecified atom stereocenters. The summed E-state index contributed by atoms with van der Waals surface area (Å²) in [6.07, 6.45) is -3.33. The van der Waals surface area contributed by atoms with Crippen molar-refractivity contribution in [1.82, 2.24) is 15.1 Å². The van der Waals surface area contributed by atoms with Crippen LogP contribution in [0.3, 0.4) is 0 Å². The van der Waals surface area contributed by atoms with E-state index in [1.165, 1.54) is 18.2 Å². The monoisotopic (exact) mass is 438 g/mol. The third kappa shape index (κ3) is 5.16. The van der Waals surface area contributed by atoms with Crippen molar-refractivity contribution in [3.05, 3.63) is 30.3 Å². The minimum absolute atomic E-state index is 0.0312. The zero-order valence-electron chi connectivity index (χ0n) is 16.4. The number of hydrogen-bond donors (Lipinski definition) is 2. The summed E-state index contributed by atoms with van der Waals surface area (Å²) in [6.45, 7) is 1.34. The fraction of sp³-hybridized carbons (Fsp3) is 0.450. The predicted molar refractivity (Wildman–Crippen MR) is 103 cm³/mol. The van der Waals surface area contributed by atoms with Crippen LogP contribution in [0, 0.1) is 5.92 Å². The molecule has 8 nitrogen and oxygen atoms in total. The van der Waals surface area contributed by atoms with Gasteiger partial charge in [-0.05, 0) is 25.0 Å². The summed E-state index contributed by atoms with van der Waals surface area (Å²) in [5, 5.41) is 9.84. The molecule has 0 bridgehead atoms. The number of anilines is 1. The predicted octanol–water partition coefficient (Wildman–Crippen LogP) is 2.87. The van der Waals surface area contributed by atoms with Crippen LogP contribution < -0.4 is 15.4 Å². The number of alkyl halides is 3. The topological polar surface area (TPSA) is 94.5 Å². The van der Waals surface area contributed by atoms with Crippen molar-refractivity contribution in [3.8, 4) is 17.0 Å². The lowest BCUT2D eigenvalue weighted by Gasteiger charge is -2.24. The van der Waals surface area contributed by atoms with Crippen molar-refractivity contribution in [2.45, 2.75) is 31.7 Å². The normalized spacial score (nSPS) is 19.8. The van der Waals surface area contributed by atoms with Crippen LogP contribution in [0.15, 0.2) is 30.3 Å². The molecule has 11 heteroatoms. The molecule has 0 aliphatic carbocycles. The first-order chi connectivity index (χ1) is 14.8. The third-order valence-corrected chi connectivity index (χ3v) is 5.24. The van der Waals surface area contributed by atoms with Gasteiger partial charge in [-0.3, -0.25) is 14.3 Å². The summed E-state index contributed by atoms with van der Waals surface area (Å²) in [7, 11) is 0. The smallest absolute Gasteiger partial charge is 0.406 e. The van der Waals surface area contributed by atoms with Crippen LogP contribution in [0.2, 0.25) is 0 Å². The van der Waals surface area contributed by atoms with E-state index in [2.05, 4.69) is 20.5 Å². The van der Waals surface area contributed by atoms with Gasteiger partial charge in [0, 0.05) is 37.8 Å². The highest BCUT2D eigenvalue weighted by atomic mass is 19.4. The minimum Gasteiger partial charge on any atom is -0.406 e. The van der Waals surface area contributed by atoms with Crippen LogP contribution in [0.1, 0.15) is 25.3 Å². The number of carbonyl (C=O) groups is 2. The van der Waals surface area contributed by atoms with Gasteiger partial charge in [0.25, 0.3) is 0 Å². The lowest BCUT2D eigenvalue weighted by molar-refractivity contribution is -0.274. The number of amides is 2. The van der Waals surface area contributed by atoms with Crippen molar-refractivity contribution in [3.63, 3.8) is 0 Å². The molecule has 2 amide bonds. The van der Waals surface area contributed by atoms with Crippen molar-refractivity contribution >= 4 is 17.6 Å². The summed E-state index contributed by atoms with van der Waals surface area (Å²) in [6, 6.07) is 7.21. The molecule has 2 N–H and O–H groups in total. The van der Waals surface area contributed by atoms with Crippen LogP contribution in [-0.2, 0) is 14.3 Å². The Hall–Kier alpha value is -3.08. The minimum atomic E-state index is -4.80. The Bertz CT molecular complexity index is 970. The maximum Gasteiger partial charge on any atom is 0.573 e. The Morgan fingerprint density at radius 3 is 2.71 bits per heavy atom. The van der Waals surface area contributed by atoms with Gasteiger partial charge in [0.05, 0.1) is 17.7 Å². The number of carbonyl (C=O) groups excluding carboxylic acids is 2. The Morgan fingerprint density at radius 1 is 1.26 bits per heavy atom. The van der Waals surface area contributed by atoms with E-state index in [-0.39, 0.29) is 42.4 Å². The van der Waals surface area contributed by atoms with Crippen molar-refractivity contribution in [1.29, 1.82) is 0 Å². The SMILES string of the molecule is O=C1C[C@@H](C(=O)Nc2cc(-c3cccc(OC(F)(F)F)c3)n(C3CCOCC3)n2)CN1. The summed E-state index contributed by atoms with van der Waals surface area (Å²) in [5.41, 5.74) is 1.02. The first kappa shape index (κ1) is 21.2. The highest BCUT2D eigenvalue weighted by molar-refractivity contribution is 5.96. The highest BCUT2D eigenvalue weighted by Gasteiger charge is 2.32. The molecule has 4 rings (SSSR count). The molecule has 0 saturated carbocycles. The molecule has 1 aromatic heterocycles. The molecule has 1 atom stereocenters. The zero-order valence-corrected chi connectivity index (χ0v) is 16.4. The first-order valence-electron chi connectivity index (χ1n) is 9.89. The van der Waals surface area contributed by atoms with E-state index < -0.39 is 12.3 Å². The average molecular weight is 438 g/mol. The van der Waals surface area contributed by atoms with Gasteiger partial charge in [0.2, 0.25) is 11.8 Å². The Morgan fingerprint density at radius 2 is 2.03 bits per heavy atom. The van der Waals surface area contributed by atoms with E-state index in [1.807, 2.05) is 0 Å². The summed E-state index contributed by atoms with van der Waals surface area (Å²) in [5.74, 6) is -1.09. The molecule has 0 spiro atoms. The number of halogens is 3. The maximum absolute atomic E-state index is 12.6. The average Bonchev–Trinajstić information content (AvgIpc) is 3.34. The summed E-state index contributed by atoms with van der Waals surface area (Å²) in [4.78, 5) is 23.9. The summed E-state index contributed by atoms with van der Waals surface area (Å²) >= 11 is 0. The van der Waals surface area contributed by atoms with Gasteiger partial charge in [0.1, 0.15) is 5.75 Å². The molecular weight excluding hydrogens is 417 g/mol. The molecule has 2 aromatic rings. The van der Waals surface area contributed by atoms with E-state index in [4.69, 9.17) is 4.74 Å². The number of nitrogens with zero attached hydrogens (tertiary/aromatic N) is 2. The lowest BCUT2D eigenvalue weighted by atomic mass is 10.1. The van der Waals surface area contributed by atoms with E-state index in [0.717, 1.165) is 0 Å². The number of benzene rings is 1. The third-order valence-electron chi connectivity index (χ3n) is 5.24. The van der Waals surface area contributed by atoms with Gasteiger partial charge in [-0.25, -0.2) is 0 Å². The standard InChI is InChI=1S/C20H21F3N4O4/c21-20(22,23)31-15-3-1-2-12(8-15)16-10-17(25-19(29)13-9-18(28)24-11-13)26-27(16)14-4-6-30-7-5-14/h1-3,8,10,13-14H,4-7,9,11H2,(H,24,28)(H,25,26,29)/t13-/m1/s1. The molecule has 3 heterocycles. The van der Waals surface area contributed by atoms with E-state index in [9.17, 15) is 22.8 Å². The Labute approximate surface area is 175 Å². The quantitative estimate of drug-likeness (QED) is 0.749. The molecule has 2 aliphatic heterocycles. The Kier molecular flexibility index (Phi) is 5.86. The van der Waals surface area contributed by atoms with Crippen LogP contribution in [0.5, 0.6) is 5.75 Å². The molecule has 2 saturated heterocycles. The van der Waals surface area contributed by atoms with Crippen molar-refractivity contribution < 1.29 is 32.2 Å². The second-order valence-corrected chi connectivity index (χ2v) is 7.47. The summed E-state index contributed by atoms with van der Waals surface area (Å²) < 4.78 is 49.1. The molecule has 166 valence electrons. The van der Waals surface area contributed by atoms with Gasteiger partial charge in [0.15, 0.2) is 5.82 Å². The largest absolute Gasteiger partial charge is 0.573 e. The molecule has 0 radical (unpaired) electrons. The second-order valence-electron chi connectivity index (χ2n) is 7.47. The number of aromatic nitrogens is 2. The Balaban J connectivity index is 1.63. The number of nitrogens with one attached hydrogen (secondary N) is 2. The van der Waals surface area contributed by atoms with Crippen molar-refractivity contribution in [2.75, 3.05) is 25.1 Å². The van der Waals surface area contributed by atoms with Gasteiger partial charge < -0.3 is 20.1 Å². The second kappa shape index (κ2) is 8.58. The fourth-order valence-corrected chi connectivity index (χ4v) is 3.75. The molecule has 1 aromatic carbocycles. The fourth-order valence-electron chi connectivity index (χ4n) is 3.75. The van der Waals surface area contributed by atoms with Gasteiger partial charge in [-0.1, -0.05) is 12.1 Å². The van der Waals surface area contributed by atoms with Crippen LogP contribution in [-0.4, -0.2) is 47.7 Å². The highest BCUT2D eigenvalue weighted by Crippen LogP contribution is 2.33. The van der Waals surface area contributed by atoms with Gasteiger partial charge in [-0.2, -0.15) is 5.10 Å². The molecule has 2 aliphatic rings. The number of rotatable bonds is 5. The van der Waals surface area contributed by atoms with E-state index >= 15 is 0 Å². The maximum atomic E-state index is 12.6. The van der Waals surface area contributed by atoms with Crippen LogP contribution in [0.4, 0.5) is 19.0 Å². The number of ether oxygens (including phenoxy) is 2. The molecular formula is C20H21F3N4O4. The first-order valence-corrected chi connectivity index (χ1v) is 9.89. The van der Waals surface area contributed by atoms with Gasteiger partial charge in [-0.15, -0.1) is 13.2 Å². The molecule has 31 heavy (non-hydrogen) atoms. The molecule has 2 fully saturated rings. The van der Waals surface area contributed by atoms with E-state index in [1.54, 1.807) is 16.8 Å². The van der Waals surface area contributed by atoms with Crippen molar-refractivity contribution in [2.24, 2.45) is 5.92 Å². The van der Waals surface area contributed by atoms with E-state index in [0.29, 0.717) is 37.3 Å². The van der Waals surface area contributed by atoms with Gasteiger partial charge >= 0.3 is 6.36 Å². The van der Waals surface area contributed by atoms with Crippen LogP contribution in [0.25, 0.3) is 11.3 Å². The van der Waals surface area contributed by atoms with Crippen LogP contribution >= 0.6 is 0 Å². The lowest BCUT2D eigenvalue weighted by Crippen LogP contribution is -2.25. The zero-order chi connectivity index (χ0) is 22.0.